The molecule has 1 aliphatic carbocycles. The highest BCUT2D eigenvalue weighted by atomic mass is 16.8. The zero-order valence-electron chi connectivity index (χ0n) is 6.58. The monoisotopic (exact) mass is 156 g/mol. The molecule has 1 saturated carbocycles. The van der Waals surface area contributed by atoms with Gasteiger partial charge in [0.25, 0.3) is 0 Å². The third-order valence-electron chi connectivity index (χ3n) is 2.49. The summed E-state index contributed by atoms with van der Waals surface area (Å²) in [7, 11) is 0. The van der Waals surface area contributed by atoms with Crippen molar-refractivity contribution in [1.29, 1.82) is 0 Å². The number of ether oxygens (including phenoxy) is 2. The van der Waals surface area contributed by atoms with Crippen LogP contribution in [-0.4, -0.2) is 18.4 Å². The summed E-state index contributed by atoms with van der Waals surface area (Å²) in [5.74, 6) is 0.672. The summed E-state index contributed by atoms with van der Waals surface area (Å²) in [5.41, 5.74) is 0. The summed E-state index contributed by atoms with van der Waals surface area (Å²) >= 11 is 0. The average Bonchev–Trinajstić information content (AvgIpc) is 2.27. The van der Waals surface area contributed by atoms with Crippen LogP contribution in [-0.2, 0) is 9.47 Å². The van der Waals surface area contributed by atoms with Crippen LogP contribution in [0.3, 0.4) is 0 Å². The second-order valence-corrected chi connectivity index (χ2v) is 3.48. The zero-order chi connectivity index (χ0) is 7.84. The SMILES string of the molecule is C[C@@H]1CCC2OC(=O)OC2C1. The van der Waals surface area contributed by atoms with E-state index in [1.165, 1.54) is 0 Å². The molecule has 2 aliphatic rings. The third-order valence-corrected chi connectivity index (χ3v) is 2.49. The zero-order valence-corrected chi connectivity index (χ0v) is 6.58. The van der Waals surface area contributed by atoms with Crippen LogP contribution in [0.2, 0.25) is 0 Å². The Morgan fingerprint density at radius 3 is 2.82 bits per heavy atom. The fourth-order valence-corrected chi connectivity index (χ4v) is 1.83. The molecule has 0 aromatic carbocycles. The van der Waals surface area contributed by atoms with Gasteiger partial charge < -0.3 is 9.47 Å². The highest BCUT2D eigenvalue weighted by molar-refractivity contribution is 5.62. The first-order chi connectivity index (χ1) is 5.25. The standard InChI is InChI=1S/C8H12O3/c1-5-2-3-6-7(4-5)11-8(9)10-6/h5-7H,2-4H2,1H3/t5-,6?,7?/m1/s1. The van der Waals surface area contributed by atoms with E-state index in [1.54, 1.807) is 0 Å². The Bertz CT molecular complexity index is 178. The molecule has 0 aromatic rings. The van der Waals surface area contributed by atoms with Gasteiger partial charge >= 0.3 is 6.16 Å². The van der Waals surface area contributed by atoms with Gasteiger partial charge in [-0.05, 0) is 25.2 Å². The normalized spacial score (nSPS) is 42.6. The summed E-state index contributed by atoms with van der Waals surface area (Å²) < 4.78 is 9.93. The van der Waals surface area contributed by atoms with Crippen molar-refractivity contribution < 1.29 is 14.3 Å². The number of hydrogen-bond acceptors (Lipinski definition) is 3. The molecule has 1 heterocycles. The first kappa shape index (κ1) is 6.95. The van der Waals surface area contributed by atoms with Gasteiger partial charge in [-0.15, -0.1) is 0 Å². The molecule has 3 heteroatoms. The molecule has 0 aromatic heterocycles. The van der Waals surface area contributed by atoms with Crippen LogP contribution < -0.4 is 0 Å². The highest BCUT2D eigenvalue weighted by Gasteiger charge is 2.40. The second-order valence-electron chi connectivity index (χ2n) is 3.48. The van der Waals surface area contributed by atoms with E-state index in [0.717, 1.165) is 19.3 Å². The molecule has 62 valence electrons. The van der Waals surface area contributed by atoms with Crippen molar-refractivity contribution in [3.05, 3.63) is 0 Å². The summed E-state index contributed by atoms with van der Waals surface area (Å²) in [6.07, 6.45) is 2.71. The largest absolute Gasteiger partial charge is 0.509 e. The Labute approximate surface area is 65.7 Å². The number of fused-ring (bicyclic) bond motifs is 1. The number of carbonyl (C=O) groups is 1. The van der Waals surface area contributed by atoms with Gasteiger partial charge in [0.2, 0.25) is 0 Å². The van der Waals surface area contributed by atoms with Gasteiger partial charge in [0, 0.05) is 0 Å². The lowest BCUT2D eigenvalue weighted by Crippen LogP contribution is -2.29. The summed E-state index contributed by atoms with van der Waals surface area (Å²) in [4.78, 5) is 10.7. The summed E-state index contributed by atoms with van der Waals surface area (Å²) in [6.45, 7) is 2.18. The smallest absolute Gasteiger partial charge is 0.427 e. The molecular formula is C8H12O3. The van der Waals surface area contributed by atoms with Crippen LogP contribution in [0.15, 0.2) is 0 Å². The van der Waals surface area contributed by atoms with E-state index in [1.807, 2.05) is 0 Å². The van der Waals surface area contributed by atoms with Gasteiger partial charge in [-0.2, -0.15) is 0 Å². The van der Waals surface area contributed by atoms with Gasteiger partial charge in [-0.1, -0.05) is 6.92 Å². The predicted molar refractivity (Wildman–Crippen MR) is 38.2 cm³/mol. The van der Waals surface area contributed by atoms with E-state index in [-0.39, 0.29) is 12.2 Å². The van der Waals surface area contributed by atoms with Gasteiger partial charge in [-0.3, -0.25) is 0 Å². The van der Waals surface area contributed by atoms with Gasteiger partial charge in [0.05, 0.1) is 0 Å². The number of carbonyl (C=O) groups excluding carboxylic acids is 1. The first-order valence-corrected chi connectivity index (χ1v) is 4.13. The van der Waals surface area contributed by atoms with Crippen molar-refractivity contribution in [2.24, 2.45) is 5.92 Å². The maximum Gasteiger partial charge on any atom is 0.509 e. The fraction of sp³-hybridized carbons (Fsp3) is 0.875. The molecule has 1 aliphatic heterocycles. The Hall–Kier alpha value is -0.730. The van der Waals surface area contributed by atoms with Crippen LogP contribution >= 0.6 is 0 Å². The van der Waals surface area contributed by atoms with E-state index in [0.29, 0.717) is 5.92 Å². The Kier molecular flexibility index (Phi) is 1.51. The molecule has 0 bridgehead atoms. The molecule has 0 spiro atoms. The van der Waals surface area contributed by atoms with Crippen molar-refractivity contribution in [3.8, 4) is 0 Å². The van der Waals surface area contributed by atoms with Gasteiger partial charge in [0.1, 0.15) is 12.2 Å². The van der Waals surface area contributed by atoms with Crippen LogP contribution in [0.5, 0.6) is 0 Å². The van der Waals surface area contributed by atoms with Crippen LogP contribution in [0.4, 0.5) is 4.79 Å². The molecule has 3 atom stereocenters. The first-order valence-electron chi connectivity index (χ1n) is 4.13. The molecule has 2 rings (SSSR count). The maximum atomic E-state index is 10.7. The lowest BCUT2D eigenvalue weighted by molar-refractivity contribution is 0.0864. The summed E-state index contributed by atoms with van der Waals surface area (Å²) in [6, 6.07) is 0. The molecule has 0 amide bonds. The molecule has 0 N–H and O–H groups in total. The van der Waals surface area contributed by atoms with Crippen molar-refractivity contribution in [1.82, 2.24) is 0 Å². The quantitative estimate of drug-likeness (QED) is 0.501. The van der Waals surface area contributed by atoms with E-state index in [9.17, 15) is 4.79 Å². The molecule has 2 fully saturated rings. The molecule has 3 nitrogen and oxygen atoms in total. The lowest BCUT2D eigenvalue weighted by Gasteiger charge is -2.25. The van der Waals surface area contributed by atoms with Crippen LogP contribution in [0.1, 0.15) is 26.2 Å². The van der Waals surface area contributed by atoms with Crippen LogP contribution in [0, 0.1) is 5.92 Å². The number of hydrogen-bond donors (Lipinski definition) is 0. The van der Waals surface area contributed by atoms with Gasteiger partial charge in [-0.25, -0.2) is 4.79 Å². The number of rotatable bonds is 0. The highest BCUT2D eigenvalue weighted by Crippen LogP contribution is 2.32. The molecule has 0 radical (unpaired) electrons. The molecule has 11 heavy (non-hydrogen) atoms. The Balaban J connectivity index is 2.02. The molecular weight excluding hydrogens is 144 g/mol. The Morgan fingerprint density at radius 1 is 1.27 bits per heavy atom. The van der Waals surface area contributed by atoms with Crippen molar-refractivity contribution in [3.63, 3.8) is 0 Å². The topological polar surface area (TPSA) is 35.5 Å². The lowest BCUT2D eigenvalue weighted by atomic mass is 9.87. The van der Waals surface area contributed by atoms with E-state index < -0.39 is 6.16 Å². The van der Waals surface area contributed by atoms with Crippen molar-refractivity contribution >= 4 is 6.16 Å². The molecule has 1 saturated heterocycles. The van der Waals surface area contributed by atoms with Crippen molar-refractivity contribution in [2.75, 3.05) is 0 Å². The minimum Gasteiger partial charge on any atom is -0.427 e. The van der Waals surface area contributed by atoms with Crippen molar-refractivity contribution in [2.45, 2.75) is 38.4 Å². The average molecular weight is 156 g/mol. The van der Waals surface area contributed by atoms with E-state index in [4.69, 9.17) is 9.47 Å². The van der Waals surface area contributed by atoms with E-state index >= 15 is 0 Å². The third kappa shape index (κ3) is 1.19. The maximum absolute atomic E-state index is 10.7. The molecule has 2 unspecified atom stereocenters. The second kappa shape index (κ2) is 2.40. The van der Waals surface area contributed by atoms with E-state index in [2.05, 4.69) is 6.92 Å². The van der Waals surface area contributed by atoms with Crippen LogP contribution in [0.25, 0.3) is 0 Å². The summed E-state index contributed by atoms with van der Waals surface area (Å²) in [5, 5.41) is 0. The van der Waals surface area contributed by atoms with Gasteiger partial charge in [0.15, 0.2) is 0 Å². The minimum atomic E-state index is -0.478. The minimum absolute atomic E-state index is 0.0475. The Morgan fingerprint density at radius 2 is 2.00 bits per heavy atom. The fourth-order valence-electron chi connectivity index (χ4n) is 1.83. The predicted octanol–water partition coefficient (Wildman–Crippen LogP) is 1.71.